The van der Waals surface area contributed by atoms with Crippen molar-refractivity contribution in [1.29, 1.82) is 0 Å². The molecule has 1 N–H and O–H groups in total. The molecule has 0 spiro atoms. The zero-order valence-corrected chi connectivity index (χ0v) is 13.0. The number of methoxy groups -OCH3 is 1. The van der Waals surface area contributed by atoms with Crippen molar-refractivity contribution in [3.05, 3.63) is 29.5 Å². The zero-order chi connectivity index (χ0) is 15.8. The first-order valence-corrected chi connectivity index (χ1v) is 6.72. The summed E-state index contributed by atoms with van der Waals surface area (Å²) in [6.45, 7) is 6.38. The molecule has 0 aliphatic carbocycles. The van der Waals surface area contributed by atoms with Gasteiger partial charge in [0.05, 0.1) is 18.3 Å². The van der Waals surface area contributed by atoms with Crippen LogP contribution in [0.1, 0.15) is 36.8 Å². The Morgan fingerprint density at radius 2 is 2.00 bits per heavy atom. The molecule has 5 nitrogen and oxygen atoms in total. The highest BCUT2D eigenvalue weighted by Crippen LogP contribution is 2.34. The summed E-state index contributed by atoms with van der Waals surface area (Å²) in [7, 11) is 3.11. The van der Waals surface area contributed by atoms with Gasteiger partial charge in [-0.1, -0.05) is 32.9 Å². The molecule has 1 aromatic carbocycles. The van der Waals surface area contributed by atoms with Gasteiger partial charge in [-0.15, -0.1) is 0 Å². The number of anilines is 1. The van der Waals surface area contributed by atoms with Crippen LogP contribution in [0, 0.1) is 0 Å². The molecule has 2 rings (SSSR count). The molecule has 2 aromatic rings. The Bertz CT molecular complexity index is 708. The predicted octanol–water partition coefficient (Wildman–Crippen LogP) is 2.83. The van der Waals surface area contributed by atoms with Crippen molar-refractivity contribution < 1.29 is 14.3 Å². The van der Waals surface area contributed by atoms with Crippen LogP contribution in [-0.2, 0) is 22.0 Å². The van der Waals surface area contributed by atoms with E-state index in [2.05, 4.69) is 26.1 Å². The summed E-state index contributed by atoms with van der Waals surface area (Å²) in [5, 5.41) is 3.43. The number of ether oxygens (including phenoxy) is 1. The van der Waals surface area contributed by atoms with E-state index in [1.165, 1.54) is 7.11 Å². The van der Waals surface area contributed by atoms with E-state index in [-0.39, 0.29) is 5.41 Å². The van der Waals surface area contributed by atoms with Gasteiger partial charge in [-0.25, -0.2) is 4.79 Å². The van der Waals surface area contributed by atoms with E-state index in [4.69, 9.17) is 4.74 Å². The quantitative estimate of drug-likeness (QED) is 0.698. The number of nitrogens with zero attached hydrogens (tertiary/aromatic N) is 1. The maximum Gasteiger partial charge on any atom is 0.356 e. The minimum absolute atomic E-state index is 0.00212. The van der Waals surface area contributed by atoms with Crippen molar-refractivity contribution in [3.63, 3.8) is 0 Å². The van der Waals surface area contributed by atoms with Gasteiger partial charge < -0.3 is 14.6 Å². The molecule has 0 aliphatic heterocycles. The number of carbonyl (C=O) groups is 2. The van der Waals surface area contributed by atoms with Gasteiger partial charge in [0, 0.05) is 12.4 Å². The number of aromatic nitrogens is 1. The van der Waals surface area contributed by atoms with Crippen molar-refractivity contribution in [3.8, 4) is 0 Å². The molecule has 1 aromatic heterocycles. The molecule has 112 valence electrons. The molecule has 0 bridgehead atoms. The number of rotatable bonds is 3. The van der Waals surface area contributed by atoms with Crippen molar-refractivity contribution in [2.45, 2.75) is 26.2 Å². The van der Waals surface area contributed by atoms with Crippen LogP contribution < -0.4 is 5.32 Å². The highest BCUT2D eigenvalue weighted by atomic mass is 16.5. The van der Waals surface area contributed by atoms with Crippen LogP contribution in [0.2, 0.25) is 0 Å². The van der Waals surface area contributed by atoms with Crippen LogP contribution in [0.15, 0.2) is 18.2 Å². The third-order valence-electron chi connectivity index (χ3n) is 3.65. The molecular formula is C16H20N2O3. The van der Waals surface area contributed by atoms with Crippen LogP contribution in [-0.4, -0.2) is 24.1 Å². The van der Waals surface area contributed by atoms with Gasteiger partial charge in [-0.05, 0) is 17.0 Å². The Balaban J connectivity index is 2.79. The Labute approximate surface area is 123 Å². The number of hydrogen-bond acceptors (Lipinski definition) is 3. The number of carbonyl (C=O) groups excluding carboxylic acids is 2. The molecule has 1 amide bonds. The second-order valence-corrected chi connectivity index (χ2v) is 6.02. The molecule has 0 unspecified atom stereocenters. The first kappa shape index (κ1) is 15.1. The maximum absolute atomic E-state index is 12.0. The minimum Gasteiger partial charge on any atom is -0.464 e. The molecule has 0 saturated heterocycles. The highest BCUT2D eigenvalue weighted by Gasteiger charge is 2.23. The minimum atomic E-state index is -0.477. The lowest BCUT2D eigenvalue weighted by atomic mass is 9.86. The van der Waals surface area contributed by atoms with Gasteiger partial charge in [0.15, 0.2) is 5.69 Å². The standard InChI is InChI=1S/C16H20N2O3/c1-16(2,3)10-6-7-11-12(8-10)18(4)14(15(20)21-5)13(11)17-9-19/h6-9H,1-5H3,(H,17,19). The van der Waals surface area contributed by atoms with Crippen LogP contribution in [0.5, 0.6) is 0 Å². The zero-order valence-electron chi connectivity index (χ0n) is 13.0. The van der Waals surface area contributed by atoms with E-state index >= 15 is 0 Å². The third kappa shape index (κ3) is 2.51. The number of amides is 1. The van der Waals surface area contributed by atoms with Gasteiger partial charge in [0.25, 0.3) is 0 Å². The number of esters is 1. The predicted molar refractivity (Wildman–Crippen MR) is 82.6 cm³/mol. The van der Waals surface area contributed by atoms with E-state index in [1.807, 2.05) is 18.2 Å². The van der Waals surface area contributed by atoms with E-state index in [0.29, 0.717) is 17.8 Å². The van der Waals surface area contributed by atoms with E-state index in [9.17, 15) is 9.59 Å². The monoisotopic (exact) mass is 288 g/mol. The number of aryl methyl sites for hydroxylation is 1. The number of nitrogens with one attached hydrogen (secondary N) is 1. The van der Waals surface area contributed by atoms with Crippen molar-refractivity contribution in [2.24, 2.45) is 7.05 Å². The number of benzene rings is 1. The van der Waals surface area contributed by atoms with Crippen molar-refractivity contribution in [1.82, 2.24) is 4.57 Å². The number of fused-ring (bicyclic) bond motifs is 1. The Morgan fingerprint density at radius 3 is 2.52 bits per heavy atom. The van der Waals surface area contributed by atoms with Crippen LogP contribution in [0.3, 0.4) is 0 Å². The number of hydrogen-bond donors (Lipinski definition) is 1. The van der Waals surface area contributed by atoms with E-state index < -0.39 is 5.97 Å². The van der Waals surface area contributed by atoms with Crippen LogP contribution in [0.25, 0.3) is 10.9 Å². The fourth-order valence-electron chi connectivity index (χ4n) is 2.44. The molecule has 21 heavy (non-hydrogen) atoms. The summed E-state index contributed by atoms with van der Waals surface area (Å²) >= 11 is 0. The maximum atomic E-state index is 12.0. The average Bonchev–Trinajstić information content (AvgIpc) is 2.70. The summed E-state index contributed by atoms with van der Waals surface area (Å²) in [5.74, 6) is -0.477. The molecule has 1 heterocycles. The lowest BCUT2D eigenvalue weighted by Gasteiger charge is -2.19. The van der Waals surface area contributed by atoms with E-state index in [0.717, 1.165) is 16.5 Å². The van der Waals surface area contributed by atoms with Gasteiger partial charge in [-0.3, -0.25) is 4.79 Å². The van der Waals surface area contributed by atoms with Crippen LogP contribution in [0.4, 0.5) is 5.69 Å². The second-order valence-electron chi connectivity index (χ2n) is 6.02. The summed E-state index contributed by atoms with van der Waals surface area (Å²) in [5.41, 5.74) is 2.86. The van der Waals surface area contributed by atoms with Crippen molar-refractivity contribution in [2.75, 3.05) is 12.4 Å². The first-order chi connectivity index (χ1) is 9.81. The highest BCUT2D eigenvalue weighted by molar-refractivity contribution is 6.09. The molecule has 0 fully saturated rings. The third-order valence-corrected chi connectivity index (χ3v) is 3.65. The first-order valence-electron chi connectivity index (χ1n) is 6.72. The summed E-state index contributed by atoms with van der Waals surface area (Å²) < 4.78 is 6.57. The molecule has 0 aliphatic rings. The average molecular weight is 288 g/mol. The topological polar surface area (TPSA) is 60.3 Å². The van der Waals surface area contributed by atoms with Gasteiger partial charge in [0.2, 0.25) is 6.41 Å². The second kappa shape index (κ2) is 5.24. The fourth-order valence-corrected chi connectivity index (χ4v) is 2.44. The normalized spacial score (nSPS) is 11.5. The van der Waals surface area contributed by atoms with E-state index in [1.54, 1.807) is 11.6 Å². The summed E-state index contributed by atoms with van der Waals surface area (Å²) in [4.78, 5) is 22.8. The fraction of sp³-hybridized carbons (Fsp3) is 0.375. The lowest BCUT2D eigenvalue weighted by Crippen LogP contribution is -2.11. The summed E-state index contributed by atoms with van der Waals surface area (Å²) in [6, 6.07) is 5.98. The Kier molecular flexibility index (Phi) is 3.77. The molecule has 0 atom stereocenters. The molecule has 0 radical (unpaired) electrons. The largest absolute Gasteiger partial charge is 0.464 e. The molecule has 5 heteroatoms. The SMILES string of the molecule is COC(=O)c1c(NC=O)c2ccc(C(C)(C)C)cc2n1C. The molecular weight excluding hydrogens is 268 g/mol. The Morgan fingerprint density at radius 1 is 1.33 bits per heavy atom. The van der Waals surface area contributed by atoms with Gasteiger partial charge in [0.1, 0.15) is 0 Å². The summed E-state index contributed by atoms with van der Waals surface area (Å²) in [6.07, 6.45) is 0.568. The van der Waals surface area contributed by atoms with Crippen molar-refractivity contribution >= 4 is 29.0 Å². The molecule has 0 saturated carbocycles. The van der Waals surface area contributed by atoms with Gasteiger partial charge in [-0.2, -0.15) is 0 Å². The lowest BCUT2D eigenvalue weighted by molar-refractivity contribution is -0.105. The smallest absolute Gasteiger partial charge is 0.356 e. The van der Waals surface area contributed by atoms with Crippen LogP contribution >= 0.6 is 0 Å². The Hall–Kier alpha value is -2.30. The van der Waals surface area contributed by atoms with Gasteiger partial charge >= 0.3 is 5.97 Å².